The van der Waals surface area contributed by atoms with Gasteiger partial charge in [-0.25, -0.2) is 0 Å². The Hall–Kier alpha value is -9.85. The molecule has 1 spiro atoms. The lowest BCUT2D eigenvalue weighted by molar-refractivity contribution is -0.137. The third kappa shape index (κ3) is 30.4. The molecule has 32 nitrogen and oxygen atoms in total. The number of aliphatic hydroxyl groups is 2. The average Bonchev–Trinajstić information content (AvgIpc) is 1.73. The van der Waals surface area contributed by atoms with Crippen LogP contribution in [0, 0.1) is 16.7 Å². The van der Waals surface area contributed by atoms with Gasteiger partial charge >= 0.3 is 0 Å². The Morgan fingerprint density at radius 3 is 1.45 bits per heavy atom. The molecule has 2 aromatic carbocycles. The minimum absolute atomic E-state index is 0.00391. The number of nitrogens with one attached hydrogen (secondary N) is 15. The number of hydrogen-bond acceptors (Lipinski definition) is 18. The number of phenolic OH excluding ortho intramolecular Hbond substituents is 2. The number of phenols is 2. The van der Waals surface area contributed by atoms with Crippen LogP contribution in [0.1, 0.15) is 250 Å². The zero-order valence-corrected chi connectivity index (χ0v) is 70.5. The second-order valence-corrected chi connectivity index (χ2v) is 34.6. The molecule has 4 heterocycles. The van der Waals surface area contributed by atoms with Gasteiger partial charge in [0.15, 0.2) is 0 Å². The first-order valence-corrected chi connectivity index (χ1v) is 43.6. The van der Waals surface area contributed by atoms with E-state index in [-0.39, 0.29) is 113 Å². The van der Waals surface area contributed by atoms with Gasteiger partial charge in [0.05, 0.1) is 12.2 Å². The lowest BCUT2D eigenvalue weighted by Gasteiger charge is -2.39. The van der Waals surface area contributed by atoms with Crippen molar-refractivity contribution in [2.75, 3.05) is 31.5 Å². The van der Waals surface area contributed by atoms with E-state index < -0.39 is 168 Å². The summed E-state index contributed by atoms with van der Waals surface area (Å²) in [7, 11) is 0. The third-order valence-electron chi connectivity index (χ3n) is 23.7. The lowest BCUT2D eigenvalue weighted by Crippen LogP contribution is -2.63. The van der Waals surface area contributed by atoms with E-state index in [2.05, 4.69) is 79.4 Å². The van der Waals surface area contributed by atoms with Crippen molar-refractivity contribution in [3.63, 3.8) is 0 Å². The fraction of sp³-hybridized carbons (Fsp3) is 0.667. The number of benzene rings is 2. The molecule has 2 saturated carbocycles. The fourth-order valence-corrected chi connectivity index (χ4v) is 16.6. The number of aromatic amines is 1. The minimum atomic E-state index is -1.82. The van der Waals surface area contributed by atoms with Crippen LogP contribution in [0.5, 0.6) is 11.5 Å². The average molecular weight is 1660 g/mol. The van der Waals surface area contributed by atoms with E-state index in [0.717, 1.165) is 69.2 Å². The van der Waals surface area contributed by atoms with Gasteiger partial charge in [0.2, 0.25) is 76.8 Å². The normalized spacial score (nSPS) is 26.6. The fourth-order valence-electron chi connectivity index (χ4n) is 16.6. The van der Waals surface area contributed by atoms with Gasteiger partial charge in [-0.3, -0.25) is 62.3 Å². The van der Waals surface area contributed by atoms with Crippen LogP contribution in [0.2, 0.25) is 0 Å². The van der Waals surface area contributed by atoms with Gasteiger partial charge in [0.1, 0.15) is 77.7 Å². The van der Waals surface area contributed by atoms with Crippen molar-refractivity contribution in [2.24, 2.45) is 16.7 Å². The van der Waals surface area contributed by atoms with Gasteiger partial charge in [-0.2, -0.15) is 0 Å². The van der Waals surface area contributed by atoms with E-state index in [1.807, 2.05) is 0 Å². The molecule has 19 N–H and O–H groups in total. The third-order valence-corrected chi connectivity index (χ3v) is 23.7. The van der Waals surface area contributed by atoms with Crippen molar-refractivity contribution < 1.29 is 82.8 Å². The Morgan fingerprint density at radius 2 is 0.866 bits per heavy atom. The Bertz CT molecular complexity index is 3860. The molecule has 2 aliphatic carbocycles. The summed E-state index contributed by atoms with van der Waals surface area (Å²) in [5.41, 5.74) is 1.37. The number of anilines is 1. The first-order chi connectivity index (χ1) is 56.9. The topological polar surface area (TPSA) is 487 Å². The van der Waals surface area contributed by atoms with E-state index in [0.29, 0.717) is 74.6 Å². The molecule has 0 unspecified atom stereocenters. The maximum Gasteiger partial charge on any atom is 0.245 e. The van der Waals surface area contributed by atoms with Crippen LogP contribution >= 0.6 is 0 Å². The summed E-state index contributed by atoms with van der Waals surface area (Å²) in [6, 6.07) is -3.42. The molecule has 32 heteroatoms. The van der Waals surface area contributed by atoms with Crippen LogP contribution in [0.15, 0.2) is 54.7 Å². The molecule has 3 aliphatic heterocycles. The van der Waals surface area contributed by atoms with Crippen LogP contribution in [-0.4, -0.2) is 201 Å². The number of carbonyl (C=O) groups is 13. The standard InChI is InChI=1S/C87H133N15O17/c1-7-26-62-76(110)95-64-40-41-69(108)89-45-24-20-29-63(78(112)100-72(54(3)104)83(117)97-67(80(114)93-62)49-58-51-91-75-61(58)50-87(52-92-75)42-21-13-11-9-8-10-12-14-22-43-87)94-79(113)65(47-55-32-36-59(105)37-33-55)98-85(119)74(86(4,5)6)99-70(109)30-19-16-23-44-88-68(107)31-25-46-90-82(116)71(53(2)103)101-84(118)73(57-27-17-15-18-28-57)102-81(115)66(96-77(64)111)48-56-34-38-60(106)39-35-56/h32-39,51,53-54,57,62-67,71-74,91-92,103-106H,7-31,40-50,52H2,1-6H3,(H,88,107)(H,89,108)(H,90,116)(H,93,114)(H,94,113)(H,95,110)(H,96,111)(H,97,117)(H,98,119)(H,99,109)(H,100,112)(H,101,118)(H,102,115)/t53-,54-,62+,63+,64-,65+,66+,67+,71+,72+,73+,74-/m1/s1. The number of fused-ring (bicyclic) bond motifs is 10. The molecule has 5 aliphatic rings. The molecule has 2 bridgehead atoms. The molecule has 1 aromatic heterocycles. The Kier molecular flexibility index (Phi) is 37.6. The number of aromatic hydroxyl groups is 2. The molecular formula is C87H133N15O17. The second-order valence-electron chi connectivity index (χ2n) is 34.6. The van der Waals surface area contributed by atoms with Crippen molar-refractivity contribution in [3.8, 4) is 11.5 Å². The van der Waals surface area contributed by atoms with Crippen molar-refractivity contribution in [3.05, 3.63) is 77.0 Å². The molecule has 13 amide bonds. The van der Waals surface area contributed by atoms with Gasteiger partial charge in [0, 0.05) is 70.9 Å². The van der Waals surface area contributed by atoms with Gasteiger partial charge in [-0.15, -0.1) is 0 Å². The van der Waals surface area contributed by atoms with Crippen LogP contribution < -0.4 is 74.4 Å². The summed E-state index contributed by atoms with van der Waals surface area (Å²) in [5.74, 6) is -10.1. The molecule has 0 radical (unpaired) electrons. The highest BCUT2D eigenvalue weighted by Crippen LogP contribution is 2.43. The van der Waals surface area contributed by atoms with E-state index in [1.54, 1.807) is 46.0 Å². The number of amides is 13. The Balaban J connectivity index is 1.19. The van der Waals surface area contributed by atoms with E-state index in [9.17, 15) is 49.2 Å². The van der Waals surface area contributed by atoms with Crippen LogP contribution in [0.4, 0.5) is 5.82 Å². The molecule has 4 fully saturated rings. The number of carbonyl (C=O) groups excluding carboxylic acids is 13. The molecule has 2 saturated heterocycles. The monoisotopic (exact) mass is 1660 g/mol. The summed E-state index contributed by atoms with van der Waals surface area (Å²) in [6.45, 7) is 10.4. The van der Waals surface area contributed by atoms with E-state index in [4.69, 9.17) is 0 Å². The minimum Gasteiger partial charge on any atom is -0.508 e. The highest BCUT2D eigenvalue weighted by Gasteiger charge is 2.43. The van der Waals surface area contributed by atoms with Crippen molar-refractivity contribution in [1.29, 1.82) is 0 Å². The van der Waals surface area contributed by atoms with Gasteiger partial charge in [-0.05, 0) is 161 Å². The largest absolute Gasteiger partial charge is 0.508 e. The van der Waals surface area contributed by atoms with Gasteiger partial charge < -0.3 is 99.8 Å². The molecule has 119 heavy (non-hydrogen) atoms. The predicted octanol–water partition coefficient (Wildman–Crippen LogP) is 4.42. The van der Waals surface area contributed by atoms with Crippen LogP contribution in [0.25, 0.3) is 0 Å². The SMILES string of the molecule is CCC[C@@H]1NC(=O)[C@H](Cc2c[nH]c3c2CC2(CCCCCCCCCCC2)CN3)NC(=O)[C@H]([C@@H](C)O)NC(=O)[C@@H]2CCCCNC(=O)CC[C@@H](NC1=O)C(=O)N[C@@H](Cc1ccc(O)cc1)C(=O)N[C@@H](C1CCCCC1)C(=O)N[C@@H]([C@@H](C)O)C(=O)NCCCC(=O)NCCCCCC(=O)N[C@@H](C(C)(C)C)C(=O)N[C@@H](Cc1ccc(O)cc1)C(=O)N2. The summed E-state index contributed by atoms with van der Waals surface area (Å²) >= 11 is 0. The van der Waals surface area contributed by atoms with Crippen molar-refractivity contribution >= 4 is 82.6 Å². The lowest BCUT2D eigenvalue weighted by atomic mass is 9.71. The first kappa shape index (κ1) is 94.6. The quantitative estimate of drug-likeness (QED) is 0.126. The number of aliphatic hydroxyl groups excluding tert-OH is 2. The summed E-state index contributed by atoms with van der Waals surface area (Å²) in [4.78, 5) is 195. The number of rotatable bonds is 11. The Morgan fingerprint density at radius 1 is 0.412 bits per heavy atom. The highest BCUT2D eigenvalue weighted by atomic mass is 16.3. The van der Waals surface area contributed by atoms with Gasteiger partial charge in [-0.1, -0.05) is 142 Å². The van der Waals surface area contributed by atoms with E-state index in [1.165, 1.54) is 69.5 Å². The maximum atomic E-state index is 15.6. The zero-order valence-electron chi connectivity index (χ0n) is 70.5. The number of aromatic nitrogens is 1. The molecular weight excluding hydrogens is 1530 g/mol. The van der Waals surface area contributed by atoms with Crippen LogP contribution in [0.3, 0.4) is 0 Å². The summed E-state index contributed by atoms with van der Waals surface area (Å²) in [6.07, 6.45) is 14.8. The molecule has 8 rings (SSSR count). The zero-order chi connectivity index (χ0) is 86.2. The smallest absolute Gasteiger partial charge is 0.245 e. The Labute approximate surface area is 699 Å². The number of hydrogen-bond donors (Lipinski definition) is 19. The summed E-state index contributed by atoms with van der Waals surface area (Å²) in [5, 5.41) is 83.3. The van der Waals surface area contributed by atoms with E-state index >= 15 is 33.6 Å². The molecule has 658 valence electrons. The maximum absolute atomic E-state index is 15.6. The first-order valence-electron chi connectivity index (χ1n) is 43.6. The highest BCUT2D eigenvalue weighted by molar-refractivity contribution is 6.00. The molecule has 12 atom stereocenters. The van der Waals surface area contributed by atoms with Gasteiger partial charge in [0.25, 0.3) is 0 Å². The van der Waals surface area contributed by atoms with Crippen molar-refractivity contribution in [1.82, 2.24) is 74.1 Å². The van der Waals surface area contributed by atoms with Crippen molar-refractivity contribution in [2.45, 2.75) is 326 Å². The molecule has 3 aromatic rings. The summed E-state index contributed by atoms with van der Waals surface area (Å²) < 4.78 is 0. The van der Waals surface area contributed by atoms with Crippen LogP contribution in [-0.2, 0) is 88.0 Å². The predicted molar refractivity (Wildman–Crippen MR) is 447 cm³/mol. The number of H-pyrrole nitrogens is 1. The second kappa shape index (κ2) is 47.2.